The third kappa shape index (κ3) is 5.99. The van der Waals surface area contributed by atoms with E-state index in [0.29, 0.717) is 30.2 Å². The summed E-state index contributed by atoms with van der Waals surface area (Å²) in [6, 6.07) is 11.5. The number of carbonyl (C=O) groups excluding carboxylic acids is 2. The van der Waals surface area contributed by atoms with Crippen molar-refractivity contribution in [2.45, 2.75) is 51.7 Å². The number of benzene rings is 1. The third-order valence-electron chi connectivity index (χ3n) is 6.23. The number of aromatic nitrogens is 2. The van der Waals surface area contributed by atoms with Gasteiger partial charge in [-0.25, -0.2) is 4.98 Å². The minimum atomic E-state index is -0.565. The molecule has 0 spiro atoms. The molecule has 174 valence electrons. The van der Waals surface area contributed by atoms with Crippen molar-refractivity contribution in [2.24, 2.45) is 5.92 Å². The molecule has 7 heteroatoms. The van der Waals surface area contributed by atoms with Crippen LogP contribution in [0.25, 0.3) is 11.0 Å². The van der Waals surface area contributed by atoms with Gasteiger partial charge in [-0.3, -0.25) is 9.59 Å². The highest BCUT2D eigenvalue weighted by atomic mass is 16.2. The maximum absolute atomic E-state index is 13.1. The van der Waals surface area contributed by atoms with E-state index in [1.807, 2.05) is 45.3 Å². The van der Waals surface area contributed by atoms with Crippen molar-refractivity contribution in [3.63, 3.8) is 0 Å². The van der Waals surface area contributed by atoms with Gasteiger partial charge in [0, 0.05) is 24.7 Å². The summed E-state index contributed by atoms with van der Waals surface area (Å²) < 4.78 is 0. The van der Waals surface area contributed by atoms with Crippen LogP contribution in [0, 0.1) is 12.8 Å². The molecule has 1 unspecified atom stereocenters. The van der Waals surface area contributed by atoms with Gasteiger partial charge in [0.05, 0.1) is 0 Å². The number of amides is 2. The van der Waals surface area contributed by atoms with Gasteiger partial charge in [0.2, 0.25) is 5.91 Å². The number of hydrogen-bond donors (Lipinski definition) is 3. The van der Waals surface area contributed by atoms with Crippen LogP contribution >= 0.6 is 0 Å². The summed E-state index contributed by atoms with van der Waals surface area (Å²) in [6.07, 6.45) is 5.72. The Kier molecular flexibility index (Phi) is 7.08. The van der Waals surface area contributed by atoms with Gasteiger partial charge in [-0.1, -0.05) is 37.1 Å². The van der Waals surface area contributed by atoms with Crippen LogP contribution in [0.3, 0.4) is 0 Å². The van der Waals surface area contributed by atoms with Crippen LogP contribution in [0.15, 0.2) is 42.6 Å². The summed E-state index contributed by atoms with van der Waals surface area (Å²) >= 11 is 0. The molecule has 33 heavy (non-hydrogen) atoms. The molecule has 2 aromatic heterocycles. The summed E-state index contributed by atoms with van der Waals surface area (Å²) in [5, 5.41) is 6.90. The average Bonchev–Trinajstić information content (AvgIpc) is 3.57. The number of fused-ring (bicyclic) bond motifs is 1. The van der Waals surface area contributed by atoms with Gasteiger partial charge in [0.15, 0.2) is 0 Å². The van der Waals surface area contributed by atoms with E-state index in [1.54, 1.807) is 6.20 Å². The molecule has 0 bridgehead atoms. The van der Waals surface area contributed by atoms with E-state index in [4.69, 9.17) is 0 Å². The molecule has 1 saturated carbocycles. The van der Waals surface area contributed by atoms with Crippen molar-refractivity contribution < 1.29 is 9.59 Å². The molecule has 0 aliphatic heterocycles. The first-order valence-corrected chi connectivity index (χ1v) is 11.6. The van der Waals surface area contributed by atoms with Gasteiger partial charge in [-0.2, -0.15) is 0 Å². The molecule has 2 heterocycles. The summed E-state index contributed by atoms with van der Waals surface area (Å²) in [6.45, 7) is 3.21. The molecule has 3 N–H and O–H groups in total. The number of nitrogens with one attached hydrogen (secondary N) is 3. The van der Waals surface area contributed by atoms with Crippen LogP contribution < -0.4 is 10.6 Å². The van der Waals surface area contributed by atoms with Crippen LogP contribution in [0.1, 0.15) is 52.9 Å². The first kappa shape index (κ1) is 23.0. The smallest absolute Gasteiger partial charge is 0.268 e. The molecule has 4 rings (SSSR count). The lowest BCUT2D eigenvalue weighted by Crippen LogP contribution is -2.46. The van der Waals surface area contributed by atoms with E-state index in [0.717, 1.165) is 29.5 Å². The molecule has 1 aliphatic carbocycles. The maximum Gasteiger partial charge on any atom is 0.268 e. The average molecular weight is 448 g/mol. The fourth-order valence-corrected chi connectivity index (χ4v) is 4.13. The molecule has 1 atom stereocenters. The highest BCUT2D eigenvalue weighted by Gasteiger charge is 2.27. The summed E-state index contributed by atoms with van der Waals surface area (Å²) in [7, 11) is 4.08. The SMILES string of the molecule is Cc1c(C(=O)NC(CCC2CC2)C(=O)NCc2ccc(CN(C)C)cc2)[nH]c2ncccc12. The predicted molar refractivity (Wildman–Crippen MR) is 130 cm³/mol. The van der Waals surface area contributed by atoms with E-state index in [-0.39, 0.29) is 11.8 Å². The Hall–Kier alpha value is -3.19. The van der Waals surface area contributed by atoms with Crippen LogP contribution in [0.2, 0.25) is 0 Å². The number of hydrogen-bond acceptors (Lipinski definition) is 4. The van der Waals surface area contributed by atoms with E-state index in [2.05, 4.69) is 37.6 Å². The monoisotopic (exact) mass is 447 g/mol. The molecule has 0 saturated heterocycles. The zero-order valence-electron chi connectivity index (χ0n) is 19.6. The lowest BCUT2D eigenvalue weighted by Gasteiger charge is -2.19. The van der Waals surface area contributed by atoms with Crippen LogP contribution in [0.4, 0.5) is 0 Å². The summed E-state index contributed by atoms with van der Waals surface area (Å²) in [5.74, 6) is 0.267. The van der Waals surface area contributed by atoms with E-state index < -0.39 is 6.04 Å². The Morgan fingerprint density at radius 2 is 1.88 bits per heavy atom. The van der Waals surface area contributed by atoms with Crippen LogP contribution in [-0.2, 0) is 17.9 Å². The molecular formula is C26H33N5O2. The fraction of sp³-hybridized carbons (Fsp3) is 0.423. The molecule has 7 nitrogen and oxygen atoms in total. The molecule has 1 aliphatic rings. The highest BCUT2D eigenvalue weighted by molar-refractivity contribution is 6.01. The first-order valence-electron chi connectivity index (χ1n) is 11.6. The molecule has 1 fully saturated rings. The van der Waals surface area contributed by atoms with Crippen molar-refractivity contribution in [1.29, 1.82) is 0 Å². The number of nitrogens with zero attached hydrogens (tertiary/aromatic N) is 2. The molecule has 2 amide bonds. The maximum atomic E-state index is 13.1. The van der Waals surface area contributed by atoms with E-state index in [9.17, 15) is 9.59 Å². The predicted octanol–water partition coefficient (Wildman–Crippen LogP) is 3.54. The second kappa shape index (κ2) is 10.2. The van der Waals surface area contributed by atoms with Gasteiger partial charge in [-0.15, -0.1) is 0 Å². The molecule has 3 aromatic rings. The second-order valence-electron chi connectivity index (χ2n) is 9.34. The fourth-order valence-electron chi connectivity index (χ4n) is 4.13. The highest BCUT2D eigenvalue weighted by Crippen LogP contribution is 2.34. The Morgan fingerprint density at radius 3 is 2.55 bits per heavy atom. The van der Waals surface area contributed by atoms with Gasteiger partial charge in [0.1, 0.15) is 17.4 Å². The van der Waals surface area contributed by atoms with E-state index in [1.165, 1.54) is 18.4 Å². The first-order chi connectivity index (χ1) is 15.9. The minimum Gasteiger partial charge on any atom is -0.350 e. The Labute approximate surface area is 195 Å². The Morgan fingerprint density at radius 1 is 1.15 bits per heavy atom. The number of rotatable bonds is 10. The Balaban J connectivity index is 1.40. The summed E-state index contributed by atoms with van der Waals surface area (Å²) in [4.78, 5) is 35.6. The zero-order chi connectivity index (χ0) is 23.4. The van der Waals surface area contributed by atoms with Crippen LogP contribution in [0.5, 0.6) is 0 Å². The van der Waals surface area contributed by atoms with Gasteiger partial charge < -0.3 is 20.5 Å². The van der Waals surface area contributed by atoms with Crippen molar-refractivity contribution in [3.05, 3.63) is 65.0 Å². The van der Waals surface area contributed by atoms with Crippen molar-refractivity contribution in [2.75, 3.05) is 14.1 Å². The largest absolute Gasteiger partial charge is 0.350 e. The molecule has 1 aromatic carbocycles. The second-order valence-corrected chi connectivity index (χ2v) is 9.34. The topological polar surface area (TPSA) is 90.1 Å². The molecular weight excluding hydrogens is 414 g/mol. The lowest BCUT2D eigenvalue weighted by atomic mass is 10.1. The van der Waals surface area contributed by atoms with Gasteiger partial charge in [0.25, 0.3) is 5.91 Å². The van der Waals surface area contributed by atoms with Crippen molar-refractivity contribution in [3.8, 4) is 0 Å². The van der Waals surface area contributed by atoms with Crippen molar-refractivity contribution in [1.82, 2.24) is 25.5 Å². The number of aromatic amines is 1. The number of H-pyrrole nitrogens is 1. The number of carbonyl (C=O) groups is 2. The number of pyridine rings is 1. The normalized spacial score (nSPS) is 14.4. The lowest BCUT2D eigenvalue weighted by molar-refractivity contribution is -0.123. The van der Waals surface area contributed by atoms with Gasteiger partial charge >= 0.3 is 0 Å². The minimum absolute atomic E-state index is 0.145. The zero-order valence-corrected chi connectivity index (χ0v) is 19.6. The Bertz CT molecular complexity index is 1120. The van der Waals surface area contributed by atoms with Crippen molar-refractivity contribution >= 4 is 22.8 Å². The van der Waals surface area contributed by atoms with Gasteiger partial charge in [-0.05, 0) is 68.6 Å². The standard InChI is InChI=1S/C26H33N5O2/c1-17-21-5-4-14-27-24(21)30-23(17)26(33)29-22(13-12-18-6-7-18)25(32)28-15-19-8-10-20(11-9-19)16-31(2)3/h4-5,8-11,14,18,22H,6-7,12-13,15-16H2,1-3H3,(H,27,30)(H,28,32)(H,29,33). The third-order valence-corrected chi connectivity index (χ3v) is 6.23. The van der Waals surface area contributed by atoms with E-state index >= 15 is 0 Å². The number of aryl methyl sites for hydroxylation is 1. The van der Waals surface area contributed by atoms with Crippen LogP contribution in [-0.4, -0.2) is 46.8 Å². The molecule has 0 radical (unpaired) electrons. The quantitative estimate of drug-likeness (QED) is 0.443. The summed E-state index contributed by atoms with van der Waals surface area (Å²) in [5.41, 5.74) is 4.25.